The van der Waals surface area contributed by atoms with E-state index in [2.05, 4.69) is 42.2 Å². The number of hydrogen-bond acceptors (Lipinski definition) is 8. The van der Waals surface area contributed by atoms with Gasteiger partial charge in [-0.3, -0.25) is 10.00 Å². The van der Waals surface area contributed by atoms with E-state index in [0.717, 1.165) is 37.4 Å². The van der Waals surface area contributed by atoms with Gasteiger partial charge in [-0.15, -0.1) is 10.2 Å². The van der Waals surface area contributed by atoms with Crippen LogP contribution >= 0.6 is 0 Å². The molecule has 9 nitrogen and oxygen atoms in total. The van der Waals surface area contributed by atoms with E-state index in [1.54, 1.807) is 24.7 Å². The van der Waals surface area contributed by atoms with E-state index in [4.69, 9.17) is 4.74 Å². The Labute approximate surface area is 162 Å². The summed E-state index contributed by atoms with van der Waals surface area (Å²) in [6, 6.07) is 5.77. The average molecular weight is 379 g/mol. The molecule has 0 spiro atoms. The van der Waals surface area contributed by atoms with Crippen LogP contribution in [0.2, 0.25) is 0 Å². The van der Waals surface area contributed by atoms with Crippen molar-refractivity contribution in [1.29, 1.82) is 0 Å². The lowest BCUT2D eigenvalue weighted by atomic mass is 10.0. The Balaban J connectivity index is 1.36. The maximum atomic E-state index is 10.4. The van der Waals surface area contributed by atoms with Crippen LogP contribution < -0.4 is 4.90 Å². The monoisotopic (exact) mass is 379 g/mol. The zero-order valence-electron chi connectivity index (χ0n) is 15.5. The molecule has 4 heterocycles. The molecule has 1 aromatic carbocycles. The lowest BCUT2D eigenvalue weighted by Crippen LogP contribution is -2.48. The largest absolute Gasteiger partial charge is 0.507 e. The minimum atomic E-state index is 0.129. The van der Waals surface area contributed by atoms with Crippen LogP contribution in [-0.2, 0) is 4.74 Å². The Morgan fingerprint density at radius 2 is 2.11 bits per heavy atom. The van der Waals surface area contributed by atoms with Crippen molar-refractivity contribution in [2.75, 3.05) is 38.2 Å². The Hall–Kier alpha value is -3.04. The van der Waals surface area contributed by atoms with Crippen LogP contribution in [0.15, 0.2) is 36.8 Å². The Morgan fingerprint density at radius 1 is 1.18 bits per heavy atom. The van der Waals surface area contributed by atoms with E-state index >= 15 is 0 Å². The summed E-state index contributed by atoms with van der Waals surface area (Å²) in [5, 5.41) is 25.7. The van der Waals surface area contributed by atoms with Crippen LogP contribution in [0.25, 0.3) is 22.4 Å². The summed E-state index contributed by atoms with van der Waals surface area (Å²) in [4.78, 5) is 8.92. The molecule has 0 unspecified atom stereocenters. The number of aromatic hydroxyl groups is 1. The molecule has 2 aromatic heterocycles. The second kappa shape index (κ2) is 6.84. The molecule has 0 aliphatic carbocycles. The van der Waals surface area contributed by atoms with Gasteiger partial charge < -0.3 is 14.7 Å². The number of phenolic OH excluding ortho intramolecular Hbond substituents is 1. The van der Waals surface area contributed by atoms with Gasteiger partial charge in [-0.2, -0.15) is 5.10 Å². The first-order valence-electron chi connectivity index (χ1n) is 9.28. The van der Waals surface area contributed by atoms with Gasteiger partial charge in [-0.25, -0.2) is 4.98 Å². The number of benzene rings is 1. The molecule has 3 aromatic rings. The van der Waals surface area contributed by atoms with E-state index in [9.17, 15) is 5.11 Å². The average Bonchev–Trinajstić information content (AvgIpc) is 3.39. The predicted molar refractivity (Wildman–Crippen MR) is 103 cm³/mol. The zero-order valence-corrected chi connectivity index (χ0v) is 15.5. The van der Waals surface area contributed by atoms with Crippen molar-refractivity contribution in [2.45, 2.75) is 12.1 Å². The van der Waals surface area contributed by atoms with Crippen molar-refractivity contribution >= 4 is 5.95 Å². The molecule has 0 bridgehead atoms. The van der Waals surface area contributed by atoms with Gasteiger partial charge in [0.1, 0.15) is 11.4 Å². The third-order valence-corrected chi connectivity index (χ3v) is 5.52. The summed E-state index contributed by atoms with van der Waals surface area (Å²) in [6.45, 7) is 3.30. The predicted octanol–water partition coefficient (Wildman–Crippen LogP) is 1.15. The van der Waals surface area contributed by atoms with Crippen molar-refractivity contribution < 1.29 is 9.84 Å². The van der Waals surface area contributed by atoms with E-state index in [-0.39, 0.29) is 11.9 Å². The first kappa shape index (κ1) is 17.1. The van der Waals surface area contributed by atoms with Crippen LogP contribution in [0.4, 0.5) is 5.95 Å². The minimum Gasteiger partial charge on any atom is -0.507 e. The third kappa shape index (κ3) is 2.98. The summed E-state index contributed by atoms with van der Waals surface area (Å²) in [5.41, 5.74) is 2.90. The van der Waals surface area contributed by atoms with Gasteiger partial charge in [0.05, 0.1) is 31.1 Å². The topological polar surface area (TPSA) is 103 Å². The number of H-pyrrole nitrogens is 1. The standard InChI is InChI=1S/C19H21N7O2/c1-25-4-5-28-18-11-26(10-16(18)25)19-20-9-15(23-24-19)14-3-2-12(6-17(14)27)13-7-21-22-8-13/h2-3,6-9,16,18,27H,4-5,10-11H2,1H3,(H,21,22)/t16-,18+/m1/s1. The molecule has 9 heteroatoms. The van der Waals surface area contributed by atoms with Crippen molar-refractivity contribution in [3.05, 3.63) is 36.8 Å². The highest BCUT2D eigenvalue weighted by Crippen LogP contribution is 2.32. The second-order valence-corrected chi connectivity index (χ2v) is 7.22. The SMILES string of the molecule is CN1CCO[C@H]2CN(c3ncc(-c4ccc(-c5cn[nH]c5)cc4O)nn3)C[C@H]21. The molecule has 5 rings (SSSR count). The highest BCUT2D eigenvalue weighted by atomic mass is 16.5. The summed E-state index contributed by atoms with van der Waals surface area (Å²) in [6.07, 6.45) is 5.32. The quantitative estimate of drug-likeness (QED) is 0.699. The van der Waals surface area contributed by atoms with Gasteiger partial charge in [0, 0.05) is 37.0 Å². The summed E-state index contributed by atoms with van der Waals surface area (Å²) >= 11 is 0. The number of anilines is 1. The number of likely N-dealkylation sites (N-methyl/N-ethyl adjacent to an activating group) is 1. The van der Waals surface area contributed by atoms with Crippen LogP contribution in [0.3, 0.4) is 0 Å². The van der Waals surface area contributed by atoms with Crippen molar-refractivity contribution in [3.8, 4) is 28.1 Å². The summed E-state index contributed by atoms with van der Waals surface area (Å²) in [5.74, 6) is 0.717. The number of fused-ring (bicyclic) bond motifs is 1. The lowest BCUT2D eigenvalue weighted by Gasteiger charge is -2.33. The highest BCUT2D eigenvalue weighted by Gasteiger charge is 2.39. The normalized spacial score (nSPS) is 22.4. The van der Waals surface area contributed by atoms with Gasteiger partial charge in [0.2, 0.25) is 5.95 Å². The molecule has 0 amide bonds. The smallest absolute Gasteiger partial charge is 0.245 e. The fourth-order valence-electron chi connectivity index (χ4n) is 3.89. The number of nitrogens with one attached hydrogen (secondary N) is 1. The molecule has 144 valence electrons. The van der Waals surface area contributed by atoms with Gasteiger partial charge in [0.15, 0.2) is 0 Å². The molecule has 2 atom stereocenters. The van der Waals surface area contributed by atoms with E-state index in [1.165, 1.54) is 0 Å². The van der Waals surface area contributed by atoms with Gasteiger partial charge in [-0.05, 0) is 24.7 Å². The number of hydrogen-bond donors (Lipinski definition) is 2. The number of aromatic nitrogens is 5. The Bertz CT molecular complexity index is 961. The fraction of sp³-hybridized carbons (Fsp3) is 0.368. The van der Waals surface area contributed by atoms with Crippen molar-refractivity contribution in [2.24, 2.45) is 0 Å². The van der Waals surface area contributed by atoms with Crippen LogP contribution in [0.5, 0.6) is 5.75 Å². The summed E-state index contributed by atoms with van der Waals surface area (Å²) in [7, 11) is 2.13. The first-order chi connectivity index (χ1) is 13.7. The number of morpholine rings is 1. The number of ether oxygens (including phenoxy) is 1. The van der Waals surface area contributed by atoms with E-state index in [0.29, 0.717) is 23.2 Å². The maximum Gasteiger partial charge on any atom is 0.245 e. The lowest BCUT2D eigenvalue weighted by molar-refractivity contribution is -0.0362. The molecular formula is C19H21N7O2. The molecule has 2 saturated heterocycles. The maximum absolute atomic E-state index is 10.4. The van der Waals surface area contributed by atoms with Gasteiger partial charge in [-0.1, -0.05) is 6.07 Å². The van der Waals surface area contributed by atoms with E-state index < -0.39 is 0 Å². The molecular weight excluding hydrogens is 358 g/mol. The second-order valence-electron chi connectivity index (χ2n) is 7.22. The van der Waals surface area contributed by atoms with Crippen LogP contribution in [-0.4, -0.2) is 80.8 Å². The molecule has 2 N–H and O–H groups in total. The number of aromatic amines is 1. The highest BCUT2D eigenvalue weighted by molar-refractivity contribution is 5.73. The third-order valence-electron chi connectivity index (χ3n) is 5.52. The molecule has 2 fully saturated rings. The molecule has 0 radical (unpaired) electrons. The number of rotatable bonds is 3. The molecule has 28 heavy (non-hydrogen) atoms. The Kier molecular flexibility index (Phi) is 4.18. The molecule has 2 aliphatic rings. The van der Waals surface area contributed by atoms with Crippen LogP contribution in [0, 0.1) is 0 Å². The number of phenols is 1. The fourth-order valence-corrected chi connectivity index (χ4v) is 3.89. The molecule has 0 saturated carbocycles. The van der Waals surface area contributed by atoms with Crippen molar-refractivity contribution in [3.63, 3.8) is 0 Å². The van der Waals surface area contributed by atoms with Crippen LogP contribution in [0.1, 0.15) is 0 Å². The minimum absolute atomic E-state index is 0.129. The zero-order chi connectivity index (χ0) is 19.1. The van der Waals surface area contributed by atoms with Gasteiger partial charge in [0.25, 0.3) is 0 Å². The Morgan fingerprint density at radius 3 is 2.82 bits per heavy atom. The van der Waals surface area contributed by atoms with E-state index in [1.807, 2.05) is 12.1 Å². The van der Waals surface area contributed by atoms with Gasteiger partial charge >= 0.3 is 0 Å². The number of nitrogens with zero attached hydrogens (tertiary/aromatic N) is 6. The summed E-state index contributed by atoms with van der Waals surface area (Å²) < 4.78 is 5.88. The van der Waals surface area contributed by atoms with Crippen molar-refractivity contribution in [1.82, 2.24) is 30.3 Å². The first-order valence-corrected chi connectivity index (χ1v) is 9.28. The molecule has 2 aliphatic heterocycles.